The molecule has 0 amide bonds. The van der Waals surface area contributed by atoms with Gasteiger partial charge in [-0.25, -0.2) is 0 Å². The van der Waals surface area contributed by atoms with Crippen molar-refractivity contribution in [1.82, 2.24) is 4.57 Å². The fraction of sp³-hybridized carbons (Fsp3) is 0.267. The molecule has 0 N–H and O–H groups in total. The quantitative estimate of drug-likeness (QED) is 0.147. The van der Waals surface area contributed by atoms with E-state index in [1.807, 2.05) is 6.07 Å². The van der Waals surface area contributed by atoms with E-state index in [9.17, 15) is 8.22 Å². The summed E-state index contributed by atoms with van der Waals surface area (Å²) in [4.78, 5) is 5.08. The number of nitrogens with zero attached hydrogens (tertiary/aromatic N) is 3. The Kier molecular flexibility index (Phi) is 12.6. The summed E-state index contributed by atoms with van der Waals surface area (Å²) in [6, 6.07) is 64.7. The molecular weight excluding hydrogens is 1130 g/mol. The standard InChI is InChI=1S/C90H92BN3/c1-85(2,3)61-41-33-57(34-42-61)68-27-23-28-69(58-35-43-62(44-36-58)86(4,5)6)83(68)93-78-53-65(89(13,14)15)49-51-74(78)91-75-52-50-67(92-76-31-21-19-25-72(76)73-26-20-22-32-77(73)92)56-79(75)94(81-55-66(90(16,17)18)54-80(93)82(81)91)84-70(59-37-45-63(46-38-59)87(7,8)9)29-24-30-71(84)60-39-47-64(48-40-60)88(10,11)12/h19-56H,1-18H3/i19D,20D,21D,22D,25D,26D,31D,32D. The van der Waals surface area contributed by atoms with Crippen LogP contribution in [0, 0.1) is 0 Å². The van der Waals surface area contributed by atoms with E-state index in [0.717, 1.165) is 101 Å². The van der Waals surface area contributed by atoms with Crippen LogP contribution in [-0.2, 0) is 32.5 Å². The van der Waals surface area contributed by atoms with Crippen LogP contribution >= 0.6 is 0 Å². The minimum Gasteiger partial charge on any atom is -0.310 e. The SMILES string of the molecule is [2H]c1c([2H])c([2H])c2c(c1[2H])c1c([2H])c([2H])c([2H])c([2H])c1n2-c1ccc2c(c1)N(c1c(-c3ccc(C(C)(C)C)cc3)cccc1-c1ccc(C(C)(C)C)cc1)c1cc(C(C)(C)C)cc3c1B2c1ccc(C(C)(C)C)cc1N3c1c(-c2ccc(C(C)(C)C)cc2)cccc1-c1ccc(C(C)(C)C)cc1. The van der Waals surface area contributed by atoms with Crippen LogP contribution in [0.15, 0.2) is 230 Å². The Morgan fingerprint density at radius 2 is 0.596 bits per heavy atom. The number of hydrogen-bond donors (Lipinski definition) is 0. The number of anilines is 6. The van der Waals surface area contributed by atoms with Gasteiger partial charge in [0.15, 0.2) is 0 Å². The maximum absolute atomic E-state index is 9.78. The fourth-order valence-electron chi connectivity index (χ4n) is 14.3. The van der Waals surface area contributed by atoms with Crippen LogP contribution in [0.3, 0.4) is 0 Å². The average molecular weight is 1230 g/mol. The van der Waals surface area contributed by atoms with Gasteiger partial charge in [0.1, 0.15) is 0 Å². The van der Waals surface area contributed by atoms with Gasteiger partial charge in [0.2, 0.25) is 0 Å². The van der Waals surface area contributed by atoms with Gasteiger partial charge >= 0.3 is 0 Å². The lowest BCUT2D eigenvalue weighted by molar-refractivity contribution is 0.589. The molecule has 0 bridgehead atoms. The van der Waals surface area contributed by atoms with Gasteiger partial charge in [-0.1, -0.05) is 313 Å². The van der Waals surface area contributed by atoms with Gasteiger partial charge in [0.25, 0.3) is 6.71 Å². The molecule has 11 aromatic carbocycles. The van der Waals surface area contributed by atoms with E-state index in [0.29, 0.717) is 5.69 Å². The number of fused-ring (bicyclic) bond motifs is 7. The average Bonchev–Trinajstić information content (AvgIpc) is 0.957. The number of benzene rings is 11. The molecule has 0 radical (unpaired) electrons. The summed E-state index contributed by atoms with van der Waals surface area (Å²) in [6.07, 6.45) is 0. The van der Waals surface area contributed by atoms with Crippen molar-refractivity contribution in [3.63, 3.8) is 0 Å². The van der Waals surface area contributed by atoms with Gasteiger partial charge in [-0.05, 0) is 147 Å². The normalized spacial score (nSPS) is 14.8. The van der Waals surface area contributed by atoms with Gasteiger partial charge in [-0.2, -0.15) is 0 Å². The topological polar surface area (TPSA) is 11.4 Å². The number of hydrogen-bond acceptors (Lipinski definition) is 2. The molecule has 0 saturated heterocycles. The van der Waals surface area contributed by atoms with E-state index in [2.05, 4.69) is 310 Å². The monoisotopic (exact) mass is 1230 g/mol. The molecule has 470 valence electrons. The first-order valence-corrected chi connectivity index (χ1v) is 33.5. The fourth-order valence-corrected chi connectivity index (χ4v) is 14.3. The van der Waals surface area contributed by atoms with Crippen molar-refractivity contribution in [1.29, 1.82) is 0 Å². The van der Waals surface area contributed by atoms with Crippen molar-refractivity contribution in [3.8, 4) is 50.2 Å². The zero-order chi connectivity index (χ0) is 73.3. The Morgan fingerprint density at radius 1 is 0.298 bits per heavy atom. The summed E-state index contributed by atoms with van der Waals surface area (Å²) in [7, 11) is 0. The molecule has 94 heavy (non-hydrogen) atoms. The molecule has 1 aromatic heterocycles. The lowest BCUT2D eigenvalue weighted by atomic mass is 9.33. The summed E-state index contributed by atoms with van der Waals surface area (Å²) >= 11 is 0. The van der Waals surface area contributed by atoms with Crippen LogP contribution in [0.5, 0.6) is 0 Å². The molecule has 0 unspecified atom stereocenters. The van der Waals surface area contributed by atoms with Crippen molar-refractivity contribution < 1.29 is 11.0 Å². The zero-order valence-corrected chi connectivity index (χ0v) is 58.2. The van der Waals surface area contributed by atoms with Crippen LogP contribution in [0.25, 0.3) is 72.0 Å². The molecular formula is C90H92BN3. The van der Waals surface area contributed by atoms with Gasteiger partial charge in [0, 0.05) is 61.5 Å². The maximum Gasteiger partial charge on any atom is 0.252 e. The predicted molar refractivity (Wildman–Crippen MR) is 409 cm³/mol. The highest BCUT2D eigenvalue weighted by Gasteiger charge is 2.46. The molecule has 14 rings (SSSR count). The lowest BCUT2D eigenvalue weighted by Crippen LogP contribution is -2.61. The van der Waals surface area contributed by atoms with E-state index in [1.165, 1.54) is 27.8 Å². The Morgan fingerprint density at radius 3 is 0.936 bits per heavy atom. The van der Waals surface area contributed by atoms with Gasteiger partial charge in [-0.15, -0.1) is 0 Å². The van der Waals surface area contributed by atoms with Crippen molar-refractivity contribution in [2.75, 3.05) is 9.80 Å². The number of para-hydroxylation sites is 4. The van der Waals surface area contributed by atoms with E-state index < -0.39 is 36.3 Å². The number of rotatable bonds is 7. The molecule has 0 aliphatic carbocycles. The third kappa shape index (κ3) is 10.8. The van der Waals surface area contributed by atoms with Crippen molar-refractivity contribution in [2.24, 2.45) is 0 Å². The van der Waals surface area contributed by atoms with Gasteiger partial charge in [0.05, 0.1) is 33.4 Å². The van der Waals surface area contributed by atoms with E-state index >= 15 is 0 Å². The van der Waals surface area contributed by atoms with Gasteiger partial charge in [-0.3, -0.25) is 0 Å². The van der Waals surface area contributed by atoms with E-state index in [4.69, 9.17) is 2.74 Å². The highest BCUT2D eigenvalue weighted by Crippen LogP contribution is 2.55. The minimum absolute atomic E-state index is 0.0262. The van der Waals surface area contributed by atoms with Crippen molar-refractivity contribution in [3.05, 3.63) is 264 Å². The van der Waals surface area contributed by atoms with Crippen molar-refractivity contribution >= 4 is 79.0 Å². The third-order valence-corrected chi connectivity index (χ3v) is 19.8. The first-order valence-electron chi connectivity index (χ1n) is 37.5. The van der Waals surface area contributed by atoms with Crippen LogP contribution in [0.2, 0.25) is 0 Å². The molecule has 2 aliphatic rings. The second kappa shape index (κ2) is 22.3. The van der Waals surface area contributed by atoms with Crippen LogP contribution in [0.1, 0.15) is 169 Å². The second-order valence-corrected chi connectivity index (χ2v) is 32.5. The molecule has 3 heterocycles. The number of aromatic nitrogens is 1. The Hall–Kier alpha value is -9.12. The molecule has 4 heteroatoms. The van der Waals surface area contributed by atoms with E-state index in [1.54, 1.807) is 4.57 Å². The molecule has 0 spiro atoms. The Bertz CT molecular complexity index is 5190. The third-order valence-electron chi connectivity index (χ3n) is 19.8. The second-order valence-electron chi connectivity index (χ2n) is 32.5. The summed E-state index contributed by atoms with van der Waals surface area (Å²) in [6.45, 7) is 40.4. The Labute approximate surface area is 572 Å². The molecule has 0 saturated carbocycles. The first kappa shape index (κ1) is 53.3. The summed E-state index contributed by atoms with van der Waals surface area (Å²) in [5.41, 5.74) is 23.9. The highest BCUT2D eigenvalue weighted by atomic mass is 15.2. The molecule has 0 atom stereocenters. The Balaban J connectivity index is 1.19. The van der Waals surface area contributed by atoms with Crippen molar-refractivity contribution in [2.45, 2.75) is 157 Å². The molecule has 2 aliphatic heterocycles. The summed E-state index contributed by atoms with van der Waals surface area (Å²) in [5.74, 6) is 0. The molecule has 3 nitrogen and oxygen atoms in total. The summed E-state index contributed by atoms with van der Waals surface area (Å²) in [5, 5.41) is 0.0524. The minimum atomic E-state index is -0.487. The maximum atomic E-state index is 9.78. The lowest BCUT2D eigenvalue weighted by Gasteiger charge is -2.46. The van der Waals surface area contributed by atoms with Gasteiger partial charge < -0.3 is 14.4 Å². The molecule has 0 fully saturated rings. The highest BCUT2D eigenvalue weighted by molar-refractivity contribution is 7.00. The van der Waals surface area contributed by atoms with Crippen LogP contribution in [0.4, 0.5) is 34.1 Å². The van der Waals surface area contributed by atoms with Crippen LogP contribution in [-0.4, -0.2) is 11.3 Å². The largest absolute Gasteiger partial charge is 0.310 e. The summed E-state index contributed by atoms with van der Waals surface area (Å²) < 4.78 is 76.8. The zero-order valence-electron chi connectivity index (χ0n) is 66.2. The predicted octanol–water partition coefficient (Wildman–Crippen LogP) is 23.3. The van der Waals surface area contributed by atoms with Crippen LogP contribution < -0.4 is 26.2 Å². The smallest absolute Gasteiger partial charge is 0.252 e. The first-order chi connectivity index (χ1) is 47.7. The molecule has 12 aromatic rings. The van der Waals surface area contributed by atoms with E-state index in [-0.39, 0.29) is 73.1 Å².